The van der Waals surface area contributed by atoms with Gasteiger partial charge in [0.15, 0.2) is 11.2 Å². The van der Waals surface area contributed by atoms with Gasteiger partial charge in [-0.3, -0.25) is 18.7 Å². The molecule has 3 amide bonds. The number of fused-ring (bicyclic) bond motifs is 1. The Morgan fingerprint density at radius 2 is 1.80 bits per heavy atom. The first-order chi connectivity index (χ1) is 14.3. The Morgan fingerprint density at radius 3 is 2.47 bits per heavy atom. The van der Waals surface area contributed by atoms with Gasteiger partial charge in [0, 0.05) is 39.3 Å². The second kappa shape index (κ2) is 8.64. The molecule has 0 aliphatic carbocycles. The van der Waals surface area contributed by atoms with Gasteiger partial charge in [-0.05, 0) is 24.1 Å². The van der Waals surface area contributed by atoms with Gasteiger partial charge in [0.2, 0.25) is 5.91 Å². The molecular weight excluding hydrogens is 390 g/mol. The van der Waals surface area contributed by atoms with Crippen LogP contribution in [0.15, 0.2) is 40.2 Å². The standard InChI is InChI=1S/C19H23N7O4/c1-24-16-15(17(28)25(2)19(24)30)26(11-22-16)9-3-4-14(27)21-10-12-5-7-13(8-6-12)23-18(20)29/h5-8,11H,3-4,9-10H2,1-2H3,(H,21,27)(H3,20,23,29). The molecule has 11 heteroatoms. The molecule has 0 atom stereocenters. The fourth-order valence-corrected chi connectivity index (χ4v) is 3.11. The summed E-state index contributed by atoms with van der Waals surface area (Å²) in [6.07, 6.45) is 2.28. The zero-order chi connectivity index (χ0) is 21.8. The number of urea groups is 1. The van der Waals surface area contributed by atoms with E-state index in [-0.39, 0.29) is 12.3 Å². The second-order valence-electron chi connectivity index (χ2n) is 6.88. The largest absolute Gasteiger partial charge is 0.352 e. The van der Waals surface area contributed by atoms with Crippen LogP contribution in [-0.4, -0.2) is 30.6 Å². The maximum Gasteiger partial charge on any atom is 0.332 e. The van der Waals surface area contributed by atoms with Gasteiger partial charge in [-0.2, -0.15) is 0 Å². The first-order valence-corrected chi connectivity index (χ1v) is 9.31. The lowest BCUT2D eigenvalue weighted by Crippen LogP contribution is -2.37. The number of nitrogens with one attached hydrogen (secondary N) is 2. The summed E-state index contributed by atoms with van der Waals surface area (Å²) in [6, 6.07) is 6.32. The number of hydrogen-bond acceptors (Lipinski definition) is 5. The number of anilines is 1. The lowest BCUT2D eigenvalue weighted by atomic mass is 10.2. The van der Waals surface area contributed by atoms with E-state index in [0.717, 1.165) is 10.1 Å². The van der Waals surface area contributed by atoms with Gasteiger partial charge in [-0.1, -0.05) is 12.1 Å². The zero-order valence-corrected chi connectivity index (χ0v) is 16.7. The predicted molar refractivity (Wildman–Crippen MR) is 111 cm³/mol. The number of imidazole rings is 1. The molecule has 0 saturated heterocycles. The van der Waals surface area contributed by atoms with Crippen LogP contribution >= 0.6 is 0 Å². The summed E-state index contributed by atoms with van der Waals surface area (Å²) in [4.78, 5) is 51.5. The Labute approximate surface area is 171 Å². The molecule has 2 aromatic heterocycles. The van der Waals surface area contributed by atoms with E-state index in [1.165, 1.54) is 17.9 Å². The van der Waals surface area contributed by atoms with Crippen LogP contribution in [0.1, 0.15) is 18.4 Å². The third kappa shape index (κ3) is 4.40. The summed E-state index contributed by atoms with van der Waals surface area (Å²) in [5.74, 6) is -0.126. The number of rotatable bonds is 7. The van der Waals surface area contributed by atoms with Gasteiger partial charge in [0.25, 0.3) is 5.56 Å². The number of benzene rings is 1. The van der Waals surface area contributed by atoms with Crippen molar-refractivity contribution in [3.05, 3.63) is 57.0 Å². The quantitative estimate of drug-likeness (QED) is 0.500. The van der Waals surface area contributed by atoms with Gasteiger partial charge in [-0.25, -0.2) is 14.6 Å². The number of nitrogens with zero attached hydrogens (tertiary/aromatic N) is 4. The molecule has 0 spiro atoms. The van der Waals surface area contributed by atoms with Crippen molar-refractivity contribution in [3.8, 4) is 0 Å². The molecule has 0 unspecified atom stereocenters. The van der Waals surface area contributed by atoms with Crippen LogP contribution in [0.2, 0.25) is 0 Å². The maximum absolute atomic E-state index is 12.4. The lowest BCUT2D eigenvalue weighted by molar-refractivity contribution is -0.121. The minimum atomic E-state index is -0.637. The molecule has 3 rings (SSSR count). The van der Waals surface area contributed by atoms with Crippen LogP contribution in [0.4, 0.5) is 10.5 Å². The molecule has 3 aromatic rings. The summed E-state index contributed by atoms with van der Waals surface area (Å²) in [5, 5.41) is 5.29. The molecule has 0 aliphatic heterocycles. The van der Waals surface area contributed by atoms with Crippen LogP contribution in [0.3, 0.4) is 0 Å². The third-order valence-corrected chi connectivity index (χ3v) is 4.73. The van der Waals surface area contributed by atoms with Crippen molar-refractivity contribution in [2.75, 3.05) is 5.32 Å². The van der Waals surface area contributed by atoms with E-state index in [0.29, 0.717) is 36.4 Å². The summed E-state index contributed by atoms with van der Waals surface area (Å²) >= 11 is 0. The van der Waals surface area contributed by atoms with E-state index < -0.39 is 17.3 Å². The molecule has 0 aliphatic rings. The number of primary amides is 1. The molecule has 4 N–H and O–H groups in total. The van der Waals surface area contributed by atoms with Crippen LogP contribution in [0, 0.1) is 0 Å². The monoisotopic (exact) mass is 413 g/mol. The molecule has 1 aromatic carbocycles. The highest BCUT2D eigenvalue weighted by Crippen LogP contribution is 2.10. The molecule has 158 valence electrons. The van der Waals surface area contributed by atoms with Crippen molar-refractivity contribution in [1.29, 1.82) is 0 Å². The van der Waals surface area contributed by atoms with Gasteiger partial charge in [0.1, 0.15) is 0 Å². The number of aryl methyl sites for hydroxylation is 2. The van der Waals surface area contributed by atoms with Crippen molar-refractivity contribution in [1.82, 2.24) is 24.0 Å². The summed E-state index contributed by atoms with van der Waals surface area (Å²) in [6.45, 7) is 0.775. The van der Waals surface area contributed by atoms with E-state index in [4.69, 9.17) is 5.73 Å². The van der Waals surface area contributed by atoms with Gasteiger partial charge in [-0.15, -0.1) is 0 Å². The van der Waals surface area contributed by atoms with Crippen LogP contribution < -0.4 is 27.6 Å². The predicted octanol–water partition coefficient (Wildman–Crippen LogP) is 0.0209. The lowest BCUT2D eigenvalue weighted by Gasteiger charge is -2.08. The van der Waals surface area contributed by atoms with Crippen LogP contribution in [-0.2, 0) is 32.0 Å². The summed E-state index contributed by atoms with van der Waals surface area (Å²) < 4.78 is 4.02. The number of carbonyl (C=O) groups is 2. The van der Waals surface area contributed by atoms with Crippen molar-refractivity contribution in [3.63, 3.8) is 0 Å². The summed E-state index contributed by atoms with van der Waals surface area (Å²) in [7, 11) is 2.98. The number of amides is 3. The summed E-state index contributed by atoms with van der Waals surface area (Å²) in [5.41, 5.74) is 6.32. The normalized spacial score (nSPS) is 10.9. The highest BCUT2D eigenvalue weighted by atomic mass is 16.2. The van der Waals surface area contributed by atoms with Gasteiger partial charge < -0.3 is 20.9 Å². The Bertz CT molecular complexity index is 1200. The fraction of sp³-hybridized carbons (Fsp3) is 0.316. The Balaban J connectivity index is 1.54. The van der Waals surface area contributed by atoms with Crippen molar-refractivity contribution >= 4 is 28.8 Å². The molecular formula is C19H23N7O4. The van der Waals surface area contributed by atoms with Gasteiger partial charge >= 0.3 is 11.7 Å². The molecule has 30 heavy (non-hydrogen) atoms. The van der Waals surface area contributed by atoms with Crippen LogP contribution in [0.5, 0.6) is 0 Å². The first kappa shape index (κ1) is 20.8. The van der Waals surface area contributed by atoms with Crippen LogP contribution in [0.25, 0.3) is 11.2 Å². The molecule has 2 heterocycles. The molecule has 0 fully saturated rings. The third-order valence-electron chi connectivity index (χ3n) is 4.73. The van der Waals surface area contributed by atoms with E-state index in [9.17, 15) is 19.2 Å². The van der Waals surface area contributed by atoms with E-state index in [1.54, 1.807) is 35.9 Å². The van der Waals surface area contributed by atoms with E-state index >= 15 is 0 Å². The Morgan fingerprint density at radius 1 is 1.10 bits per heavy atom. The maximum atomic E-state index is 12.4. The number of hydrogen-bond donors (Lipinski definition) is 3. The zero-order valence-electron chi connectivity index (χ0n) is 16.7. The van der Waals surface area contributed by atoms with E-state index in [1.807, 2.05) is 0 Å². The molecule has 11 nitrogen and oxygen atoms in total. The molecule has 0 bridgehead atoms. The fourth-order valence-electron chi connectivity index (χ4n) is 3.11. The Kier molecular flexibility index (Phi) is 6.00. The topological polar surface area (TPSA) is 146 Å². The SMILES string of the molecule is Cn1c(=O)c2c(ncn2CCCC(=O)NCc2ccc(NC(N)=O)cc2)n(C)c1=O. The highest BCUT2D eigenvalue weighted by Gasteiger charge is 2.14. The number of aromatic nitrogens is 4. The van der Waals surface area contributed by atoms with Crippen molar-refractivity contribution < 1.29 is 9.59 Å². The second-order valence-corrected chi connectivity index (χ2v) is 6.88. The Hall–Kier alpha value is -3.89. The minimum Gasteiger partial charge on any atom is -0.352 e. The molecule has 0 radical (unpaired) electrons. The first-order valence-electron chi connectivity index (χ1n) is 9.31. The van der Waals surface area contributed by atoms with Crippen molar-refractivity contribution in [2.24, 2.45) is 19.8 Å². The molecule has 0 saturated carbocycles. The average Bonchev–Trinajstić information content (AvgIpc) is 3.14. The average molecular weight is 413 g/mol. The highest BCUT2D eigenvalue weighted by molar-refractivity contribution is 5.87. The smallest absolute Gasteiger partial charge is 0.332 e. The van der Waals surface area contributed by atoms with Crippen molar-refractivity contribution in [2.45, 2.75) is 25.9 Å². The van der Waals surface area contributed by atoms with Gasteiger partial charge in [0.05, 0.1) is 6.33 Å². The minimum absolute atomic E-state index is 0.126. The number of carbonyl (C=O) groups excluding carboxylic acids is 2. The van der Waals surface area contributed by atoms with E-state index in [2.05, 4.69) is 15.6 Å². The number of nitrogens with two attached hydrogens (primary N) is 1.